The Kier molecular flexibility index (Phi) is 4.95. The van der Waals surface area contributed by atoms with E-state index >= 15 is 0 Å². The Balaban J connectivity index is 1.83. The molecule has 1 aromatic carbocycles. The van der Waals surface area contributed by atoms with Gasteiger partial charge in [-0.15, -0.1) is 0 Å². The highest BCUT2D eigenvalue weighted by atomic mass is 79.9. The van der Waals surface area contributed by atoms with Crippen molar-refractivity contribution in [1.29, 1.82) is 0 Å². The number of hydrogen-bond acceptors (Lipinski definition) is 3. The lowest BCUT2D eigenvalue weighted by molar-refractivity contribution is -0.124. The molecule has 1 aliphatic heterocycles. The molecule has 1 heterocycles. The summed E-state index contributed by atoms with van der Waals surface area (Å²) in [6, 6.07) is 6.88. The van der Waals surface area contributed by atoms with Crippen LogP contribution in [0.1, 0.15) is 16.8 Å². The number of amides is 2. The molecule has 112 valence electrons. The highest BCUT2D eigenvalue weighted by Gasteiger charge is 2.30. The largest absolute Gasteiger partial charge is 0.465 e. The number of carboxylic acid groups (broad SMARTS) is 1. The summed E-state index contributed by atoms with van der Waals surface area (Å²) in [7, 11) is 0. The molecular formula is C14H15BrN2O4. The average molecular weight is 355 g/mol. The Morgan fingerprint density at radius 1 is 1.29 bits per heavy atom. The van der Waals surface area contributed by atoms with Crippen LogP contribution in [0.5, 0.6) is 0 Å². The fourth-order valence-electron chi connectivity index (χ4n) is 2.20. The molecule has 2 rings (SSSR count). The summed E-state index contributed by atoms with van der Waals surface area (Å²) in [4.78, 5) is 35.8. The highest BCUT2D eigenvalue weighted by Crippen LogP contribution is 2.16. The van der Waals surface area contributed by atoms with Crippen molar-refractivity contribution in [2.75, 3.05) is 19.6 Å². The standard InChI is InChI=1S/C14H15BrN2O4/c15-11-3-1-9(2-4-11)12(18)7-16-13(19)10-5-6-17(8-10)14(20)21/h1-4,10H,5-8H2,(H,16,19)(H,20,21). The molecule has 6 nitrogen and oxygen atoms in total. The van der Waals surface area contributed by atoms with Gasteiger partial charge in [-0.25, -0.2) is 4.79 Å². The minimum absolute atomic E-state index is 0.0793. The van der Waals surface area contributed by atoms with E-state index in [4.69, 9.17) is 5.11 Å². The Labute approximate surface area is 130 Å². The summed E-state index contributed by atoms with van der Waals surface area (Å²) in [5, 5.41) is 11.4. The van der Waals surface area contributed by atoms with Crippen LogP contribution < -0.4 is 5.32 Å². The van der Waals surface area contributed by atoms with Crippen LogP contribution in [-0.2, 0) is 4.79 Å². The van der Waals surface area contributed by atoms with Gasteiger partial charge in [0.15, 0.2) is 5.78 Å². The van der Waals surface area contributed by atoms with Crippen LogP contribution in [-0.4, -0.2) is 47.4 Å². The molecule has 7 heteroatoms. The lowest BCUT2D eigenvalue weighted by Gasteiger charge is -2.12. The van der Waals surface area contributed by atoms with Gasteiger partial charge < -0.3 is 15.3 Å². The van der Waals surface area contributed by atoms with Gasteiger partial charge in [0.2, 0.25) is 5.91 Å². The zero-order valence-corrected chi connectivity index (χ0v) is 12.8. The van der Waals surface area contributed by atoms with E-state index in [2.05, 4.69) is 21.2 Å². The van der Waals surface area contributed by atoms with Gasteiger partial charge in [0, 0.05) is 23.1 Å². The Bertz CT molecular complexity index is 559. The lowest BCUT2D eigenvalue weighted by Crippen LogP contribution is -2.36. The van der Waals surface area contributed by atoms with Crippen LogP contribution in [0.15, 0.2) is 28.7 Å². The molecule has 2 amide bonds. The second kappa shape index (κ2) is 6.71. The van der Waals surface area contributed by atoms with E-state index < -0.39 is 6.09 Å². The first-order chi connectivity index (χ1) is 9.97. The zero-order chi connectivity index (χ0) is 15.4. The quantitative estimate of drug-likeness (QED) is 0.806. The van der Waals surface area contributed by atoms with Crippen molar-refractivity contribution >= 4 is 33.7 Å². The van der Waals surface area contributed by atoms with Crippen LogP contribution in [0.2, 0.25) is 0 Å². The zero-order valence-electron chi connectivity index (χ0n) is 11.2. The molecule has 1 atom stereocenters. The number of hydrogen-bond donors (Lipinski definition) is 2. The summed E-state index contributed by atoms with van der Waals surface area (Å²) in [6.45, 7) is 0.464. The summed E-state index contributed by atoms with van der Waals surface area (Å²) in [5.74, 6) is -0.827. The van der Waals surface area contributed by atoms with Crippen molar-refractivity contribution in [3.63, 3.8) is 0 Å². The highest BCUT2D eigenvalue weighted by molar-refractivity contribution is 9.10. The Morgan fingerprint density at radius 3 is 2.52 bits per heavy atom. The van der Waals surface area contributed by atoms with Gasteiger partial charge in [-0.05, 0) is 18.6 Å². The monoisotopic (exact) mass is 354 g/mol. The van der Waals surface area contributed by atoms with E-state index in [1.165, 1.54) is 4.90 Å². The first kappa shape index (κ1) is 15.5. The predicted octanol–water partition coefficient (Wildman–Crippen LogP) is 1.75. The Hall–Kier alpha value is -1.89. The number of nitrogens with zero attached hydrogens (tertiary/aromatic N) is 1. The molecule has 1 aromatic rings. The second-order valence-electron chi connectivity index (χ2n) is 4.86. The van der Waals surface area contributed by atoms with Crippen molar-refractivity contribution < 1.29 is 19.5 Å². The first-order valence-corrected chi connectivity index (χ1v) is 7.31. The van der Waals surface area contributed by atoms with Crippen molar-refractivity contribution in [2.45, 2.75) is 6.42 Å². The molecule has 2 N–H and O–H groups in total. The maximum absolute atomic E-state index is 11.9. The van der Waals surface area contributed by atoms with Gasteiger partial charge in [0.25, 0.3) is 0 Å². The number of rotatable bonds is 4. The van der Waals surface area contributed by atoms with E-state index in [-0.39, 0.29) is 30.7 Å². The lowest BCUT2D eigenvalue weighted by atomic mass is 10.1. The molecule has 0 saturated carbocycles. The van der Waals surface area contributed by atoms with Gasteiger partial charge >= 0.3 is 6.09 Å². The van der Waals surface area contributed by atoms with Crippen LogP contribution in [0, 0.1) is 5.92 Å². The van der Waals surface area contributed by atoms with Crippen molar-refractivity contribution in [1.82, 2.24) is 10.2 Å². The van der Waals surface area contributed by atoms with Gasteiger partial charge in [-0.2, -0.15) is 0 Å². The predicted molar refractivity (Wildman–Crippen MR) is 79.2 cm³/mol. The van der Waals surface area contributed by atoms with Crippen LogP contribution in [0.4, 0.5) is 4.79 Å². The van der Waals surface area contributed by atoms with E-state index in [9.17, 15) is 14.4 Å². The number of Topliss-reactive ketones (excluding diaryl/α,β-unsaturated/α-hetero) is 1. The molecule has 0 spiro atoms. The van der Waals surface area contributed by atoms with Crippen molar-refractivity contribution in [3.05, 3.63) is 34.3 Å². The van der Waals surface area contributed by atoms with E-state index in [0.717, 1.165) is 4.47 Å². The fraction of sp³-hybridized carbons (Fsp3) is 0.357. The van der Waals surface area contributed by atoms with Crippen molar-refractivity contribution in [3.8, 4) is 0 Å². The van der Waals surface area contributed by atoms with E-state index in [1.807, 2.05) is 0 Å². The third-order valence-electron chi connectivity index (χ3n) is 3.42. The average Bonchev–Trinajstić information content (AvgIpc) is 2.95. The van der Waals surface area contributed by atoms with E-state index in [0.29, 0.717) is 18.5 Å². The molecule has 0 aliphatic carbocycles. The summed E-state index contributed by atoms with van der Waals surface area (Å²) < 4.78 is 0.878. The number of carbonyl (C=O) groups is 3. The maximum Gasteiger partial charge on any atom is 0.407 e. The van der Waals surface area contributed by atoms with E-state index in [1.54, 1.807) is 24.3 Å². The molecule has 0 bridgehead atoms. The number of carbonyl (C=O) groups excluding carboxylic acids is 2. The van der Waals surface area contributed by atoms with Crippen molar-refractivity contribution in [2.24, 2.45) is 5.92 Å². The summed E-state index contributed by atoms with van der Waals surface area (Å²) in [5.41, 5.74) is 0.525. The minimum atomic E-state index is -1.02. The molecule has 1 unspecified atom stereocenters. The van der Waals surface area contributed by atoms with Crippen LogP contribution >= 0.6 is 15.9 Å². The topological polar surface area (TPSA) is 86.7 Å². The number of nitrogens with one attached hydrogen (secondary N) is 1. The van der Waals surface area contributed by atoms with Gasteiger partial charge in [-0.1, -0.05) is 28.1 Å². The van der Waals surface area contributed by atoms with Gasteiger partial charge in [-0.3, -0.25) is 9.59 Å². The molecule has 0 aromatic heterocycles. The molecule has 1 aliphatic rings. The summed E-state index contributed by atoms with van der Waals surface area (Å²) in [6.07, 6.45) is -0.527. The normalized spacial score (nSPS) is 17.6. The van der Waals surface area contributed by atoms with Gasteiger partial charge in [0.1, 0.15) is 0 Å². The molecule has 1 saturated heterocycles. The molecule has 21 heavy (non-hydrogen) atoms. The SMILES string of the molecule is O=C(CNC(=O)C1CCN(C(=O)O)C1)c1ccc(Br)cc1. The van der Waals surface area contributed by atoms with Crippen LogP contribution in [0.3, 0.4) is 0 Å². The smallest absolute Gasteiger partial charge is 0.407 e. The third-order valence-corrected chi connectivity index (χ3v) is 3.95. The third kappa shape index (κ3) is 4.04. The first-order valence-electron chi connectivity index (χ1n) is 6.51. The molecule has 0 radical (unpaired) electrons. The maximum atomic E-state index is 11.9. The number of halogens is 1. The summed E-state index contributed by atoms with van der Waals surface area (Å²) >= 11 is 3.29. The minimum Gasteiger partial charge on any atom is -0.465 e. The Morgan fingerprint density at radius 2 is 1.95 bits per heavy atom. The fourth-order valence-corrected chi connectivity index (χ4v) is 2.46. The second-order valence-corrected chi connectivity index (χ2v) is 5.78. The number of benzene rings is 1. The van der Waals surface area contributed by atoms with Gasteiger partial charge in [0.05, 0.1) is 12.5 Å². The molecular weight excluding hydrogens is 340 g/mol. The number of likely N-dealkylation sites (tertiary alicyclic amines) is 1. The molecule has 1 fully saturated rings. The van der Waals surface area contributed by atoms with Crippen LogP contribution in [0.25, 0.3) is 0 Å². The number of ketones is 1.